The molecule has 1 atom stereocenters. The molecule has 140 valence electrons. The number of hydrogen-bond donors (Lipinski definition) is 0. The Hall–Kier alpha value is -2.47. The van der Waals surface area contributed by atoms with Crippen LogP contribution in [0.3, 0.4) is 0 Å². The van der Waals surface area contributed by atoms with E-state index in [0.29, 0.717) is 16.3 Å². The molecule has 4 rings (SSSR count). The summed E-state index contributed by atoms with van der Waals surface area (Å²) in [6.45, 7) is 2.96. The van der Waals surface area contributed by atoms with Crippen molar-refractivity contribution < 1.29 is 4.79 Å². The number of fused-ring (bicyclic) bond motifs is 1. The highest BCUT2D eigenvalue weighted by molar-refractivity contribution is 7.17. The van der Waals surface area contributed by atoms with Crippen molar-refractivity contribution in [1.82, 2.24) is 14.5 Å². The second kappa shape index (κ2) is 7.64. The van der Waals surface area contributed by atoms with Crippen molar-refractivity contribution in [2.24, 2.45) is 0 Å². The Bertz CT molecular complexity index is 1010. The van der Waals surface area contributed by atoms with Crippen molar-refractivity contribution in [2.45, 2.75) is 45.2 Å². The minimum Gasteiger partial charge on any atom is -0.338 e. The number of amides is 1. The number of hydrogen-bond acceptors (Lipinski definition) is 4. The predicted molar refractivity (Wildman–Crippen MR) is 109 cm³/mol. The Labute approximate surface area is 162 Å². The van der Waals surface area contributed by atoms with Crippen molar-refractivity contribution in [1.29, 1.82) is 0 Å². The van der Waals surface area contributed by atoms with E-state index in [4.69, 9.17) is 0 Å². The van der Waals surface area contributed by atoms with E-state index in [-0.39, 0.29) is 18.0 Å². The van der Waals surface area contributed by atoms with Crippen LogP contribution in [0.15, 0.2) is 46.8 Å². The average molecular weight is 382 g/mol. The molecule has 0 saturated carbocycles. The van der Waals surface area contributed by atoms with Crippen LogP contribution in [-0.2, 0) is 11.3 Å². The van der Waals surface area contributed by atoms with Gasteiger partial charge in [-0.25, -0.2) is 4.98 Å². The minimum atomic E-state index is -0.140. The maximum absolute atomic E-state index is 13.1. The van der Waals surface area contributed by atoms with Gasteiger partial charge in [-0.2, -0.15) is 0 Å². The first-order valence-electron chi connectivity index (χ1n) is 9.50. The van der Waals surface area contributed by atoms with Gasteiger partial charge in [0.1, 0.15) is 11.4 Å². The molecule has 27 heavy (non-hydrogen) atoms. The van der Waals surface area contributed by atoms with Crippen LogP contribution in [0.4, 0.5) is 0 Å². The minimum absolute atomic E-state index is 0.0151. The first-order chi connectivity index (χ1) is 13.2. The molecule has 0 spiro atoms. The van der Waals surface area contributed by atoms with E-state index in [1.165, 1.54) is 28.7 Å². The van der Waals surface area contributed by atoms with Crippen molar-refractivity contribution in [2.75, 3.05) is 6.54 Å². The molecule has 0 aliphatic carbocycles. The topological polar surface area (TPSA) is 55.2 Å². The maximum Gasteiger partial charge on any atom is 0.263 e. The third-order valence-electron chi connectivity index (χ3n) is 5.37. The molecule has 1 aliphatic rings. The third kappa shape index (κ3) is 3.41. The summed E-state index contributed by atoms with van der Waals surface area (Å²) < 4.78 is 1.46. The second-order valence-corrected chi connectivity index (χ2v) is 7.88. The number of carbonyl (C=O) groups excluding carboxylic acids is 1. The number of thiophene rings is 1. The summed E-state index contributed by atoms with van der Waals surface area (Å²) in [5, 5.41) is 2.57. The summed E-state index contributed by atoms with van der Waals surface area (Å²) in [4.78, 5) is 33.1. The lowest BCUT2D eigenvalue weighted by atomic mass is 10.00. The fourth-order valence-corrected chi connectivity index (χ4v) is 4.81. The number of carbonyl (C=O) groups is 1. The molecule has 3 aromatic rings. The van der Waals surface area contributed by atoms with Crippen molar-refractivity contribution in [3.63, 3.8) is 0 Å². The standard InChI is InChI=1S/C21H23N3O2S/c1-2-16-10-6-7-11-24(16)18(25)12-23-14-22-20-19(21(23)26)17(13-27-20)15-8-4-3-5-9-15/h3-5,8-9,13-14,16H,2,6-7,10-12H2,1H3. The Kier molecular flexibility index (Phi) is 5.07. The quantitative estimate of drug-likeness (QED) is 0.688. The van der Waals surface area contributed by atoms with Gasteiger partial charge in [0.25, 0.3) is 5.56 Å². The molecule has 1 aromatic carbocycles. The zero-order chi connectivity index (χ0) is 18.8. The summed E-state index contributed by atoms with van der Waals surface area (Å²) in [5.74, 6) is 0.0151. The van der Waals surface area contributed by atoms with Crippen LogP contribution >= 0.6 is 11.3 Å². The number of aromatic nitrogens is 2. The largest absolute Gasteiger partial charge is 0.338 e. The van der Waals surface area contributed by atoms with Gasteiger partial charge in [0.2, 0.25) is 5.91 Å². The van der Waals surface area contributed by atoms with Crippen LogP contribution < -0.4 is 5.56 Å². The molecule has 6 heteroatoms. The molecule has 0 N–H and O–H groups in total. The molecule has 0 bridgehead atoms. The van der Waals surface area contributed by atoms with Crippen LogP contribution in [-0.4, -0.2) is 32.9 Å². The zero-order valence-electron chi connectivity index (χ0n) is 15.4. The molecule has 1 amide bonds. The molecule has 1 fully saturated rings. The van der Waals surface area contributed by atoms with Crippen LogP contribution in [0, 0.1) is 0 Å². The van der Waals surface area contributed by atoms with E-state index in [2.05, 4.69) is 11.9 Å². The lowest BCUT2D eigenvalue weighted by Crippen LogP contribution is -2.45. The van der Waals surface area contributed by atoms with E-state index >= 15 is 0 Å². The first-order valence-corrected chi connectivity index (χ1v) is 10.4. The second-order valence-electron chi connectivity index (χ2n) is 7.02. The van der Waals surface area contributed by atoms with Crippen molar-refractivity contribution >= 4 is 27.5 Å². The van der Waals surface area contributed by atoms with Crippen LogP contribution in [0.2, 0.25) is 0 Å². The lowest BCUT2D eigenvalue weighted by Gasteiger charge is -2.35. The molecular weight excluding hydrogens is 358 g/mol. The molecule has 1 saturated heterocycles. The monoisotopic (exact) mass is 381 g/mol. The van der Waals surface area contributed by atoms with Gasteiger partial charge in [0.05, 0.1) is 11.7 Å². The van der Waals surface area contributed by atoms with E-state index in [0.717, 1.165) is 36.9 Å². The van der Waals surface area contributed by atoms with Gasteiger partial charge in [-0.05, 0) is 31.2 Å². The zero-order valence-corrected chi connectivity index (χ0v) is 16.2. The van der Waals surface area contributed by atoms with Crippen molar-refractivity contribution in [3.8, 4) is 11.1 Å². The fourth-order valence-electron chi connectivity index (χ4n) is 3.90. The van der Waals surface area contributed by atoms with Gasteiger partial charge in [0, 0.05) is 23.5 Å². The number of likely N-dealkylation sites (tertiary alicyclic amines) is 1. The molecule has 3 heterocycles. The summed E-state index contributed by atoms with van der Waals surface area (Å²) in [7, 11) is 0. The van der Waals surface area contributed by atoms with E-state index in [1.54, 1.807) is 0 Å². The Balaban J connectivity index is 1.68. The molecule has 1 unspecified atom stereocenters. The molecule has 0 radical (unpaired) electrons. The third-order valence-corrected chi connectivity index (χ3v) is 6.26. The Morgan fingerprint density at radius 2 is 2.07 bits per heavy atom. The SMILES string of the molecule is CCC1CCCCN1C(=O)Cn1cnc2scc(-c3ccccc3)c2c1=O. The number of benzene rings is 1. The van der Waals surface area contributed by atoms with Gasteiger partial charge in [-0.1, -0.05) is 37.3 Å². The van der Waals surface area contributed by atoms with Crippen LogP contribution in [0.5, 0.6) is 0 Å². The smallest absolute Gasteiger partial charge is 0.263 e. The highest BCUT2D eigenvalue weighted by Crippen LogP contribution is 2.30. The Morgan fingerprint density at radius 1 is 1.26 bits per heavy atom. The molecule has 1 aliphatic heterocycles. The van der Waals surface area contributed by atoms with Crippen LogP contribution in [0.25, 0.3) is 21.3 Å². The lowest BCUT2D eigenvalue weighted by molar-refractivity contribution is -0.135. The Morgan fingerprint density at radius 3 is 2.85 bits per heavy atom. The number of nitrogens with zero attached hydrogens (tertiary/aromatic N) is 3. The number of piperidine rings is 1. The van der Waals surface area contributed by atoms with E-state index in [9.17, 15) is 9.59 Å². The number of rotatable bonds is 4. The molecular formula is C21H23N3O2S. The highest BCUT2D eigenvalue weighted by Gasteiger charge is 2.26. The van der Waals surface area contributed by atoms with Crippen molar-refractivity contribution in [3.05, 3.63) is 52.4 Å². The summed E-state index contributed by atoms with van der Waals surface area (Å²) in [5.41, 5.74) is 1.74. The highest BCUT2D eigenvalue weighted by atomic mass is 32.1. The van der Waals surface area contributed by atoms with Gasteiger partial charge in [-0.3, -0.25) is 14.2 Å². The van der Waals surface area contributed by atoms with Gasteiger partial charge < -0.3 is 4.90 Å². The van der Waals surface area contributed by atoms with Gasteiger partial charge in [-0.15, -0.1) is 11.3 Å². The normalized spacial score (nSPS) is 17.4. The molecule has 2 aromatic heterocycles. The predicted octanol–water partition coefficient (Wildman–Crippen LogP) is 3.92. The van der Waals surface area contributed by atoms with E-state index in [1.807, 2.05) is 40.6 Å². The average Bonchev–Trinajstić information content (AvgIpc) is 3.15. The van der Waals surface area contributed by atoms with Gasteiger partial charge >= 0.3 is 0 Å². The van der Waals surface area contributed by atoms with E-state index < -0.39 is 0 Å². The summed E-state index contributed by atoms with van der Waals surface area (Å²) in [6, 6.07) is 10.1. The summed E-state index contributed by atoms with van der Waals surface area (Å²) >= 11 is 1.46. The van der Waals surface area contributed by atoms with Gasteiger partial charge in [0.15, 0.2) is 0 Å². The maximum atomic E-state index is 13.1. The summed E-state index contributed by atoms with van der Waals surface area (Å²) in [6.07, 6.45) is 5.73. The molecule has 5 nitrogen and oxygen atoms in total. The van der Waals surface area contributed by atoms with Crippen LogP contribution in [0.1, 0.15) is 32.6 Å². The first kappa shape index (κ1) is 17.9. The fraction of sp³-hybridized carbons (Fsp3) is 0.381.